The summed E-state index contributed by atoms with van der Waals surface area (Å²) in [7, 11) is 0. The average molecular weight is 765 g/mol. The Hall–Kier alpha value is -5.12. The SMILES string of the molecule is C=CC(=O)OCCCCC(=O)C[C@H]1[C@H](OC(=O)CCCCOC(=O)C=C)COC(OC(=O)CCCCOC(=O)C=C)[C@@H]1OC(=O)CCCCOC(=O)C=C. The van der Waals surface area contributed by atoms with Gasteiger partial charge >= 0.3 is 41.8 Å². The topological polar surface area (TPSA) is 210 Å². The molecule has 1 heterocycles. The van der Waals surface area contributed by atoms with Gasteiger partial charge in [-0.3, -0.25) is 19.2 Å². The molecule has 0 aromatic carbocycles. The van der Waals surface area contributed by atoms with E-state index in [-0.39, 0.29) is 83.8 Å². The minimum atomic E-state index is -1.46. The predicted molar refractivity (Wildman–Crippen MR) is 189 cm³/mol. The zero-order valence-electron chi connectivity index (χ0n) is 30.7. The van der Waals surface area contributed by atoms with Crippen LogP contribution in [0.15, 0.2) is 50.6 Å². The third-order valence-electron chi connectivity index (χ3n) is 7.67. The molecule has 54 heavy (non-hydrogen) atoms. The van der Waals surface area contributed by atoms with E-state index in [9.17, 15) is 38.4 Å². The third kappa shape index (κ3) is 21.4. The summed E-state index contributed by atoms with van der Waals surface area (Å²) in [5.74, 6) is -5.77. The van der Waals surface area contributed by atoms with Gasteiger partial charge < -0.3 is 37.9 Å². The molecule has 0 N–H and O–H groups in total. The molecule has 1 rings (SSSR count). The van der Waals surface area contributed by atoms with E-state index in [1.807, 2.05) is 0 Å². The lowest BCUT2D eigenvalue weighted by molar-refractivity contribution is -0.261. The van der Waals surface area contributed by atoms with Crippen molar-refractivity contribution in [2.24, 2.45) is 5.92 Å². The van der Waals surface area contributed by atoms with Gasteiger partial charge in [-0.25, -0.2) is 19.2 Å². The molecule has 0 radical (unpaired) electrons. The van der Waals surface area contributed by atoms with Crippen LogP contribution in [-0.2, 0) is 76.3 Å². The highest BCUT2D eigenvalue weighted by atomic mass is 16.7. The van der Waals surface area contributed by atoms with Crippen LogP contribution in [0.1, 0.15) is 83.5 Å². The molecule has 16 nitrogen and oxygen atoms in total. The van der Waals surface area contributed by atoms with Gasteiger partial charge in [0.1, 0.15) is 11.9 Å². The van der Waals surface area contributed by atoms with E-state index in [2.05, 4.69) is 26.3 Å². The van der Waals surface area contributed by atoms with E-state index in [4.69, 9.17) is 37.9 Å². The summed E-state index contributed by atoms with van der Waals surface area (Å²) in [5.41, 5.74) is 0. The Labute approximate surface area is 315 Å². The molecule has 1 aliphatic heterocycles. The minimum Gasteiger partial charge on any atom is -0.463 e. The van der Waals surface area contributed by atoms with Crippen LogP contribution in [0.5, 0.6) is 0 Å². The van der Waals surface area contributed by atoms with Crippen molar-refractivity contribution < 1.29 is 76.3 Å². The molecule has 1 saturated heterocycles. The summed E-state index contributed by atoms with van der Waals surface area (Å²) < 4.78 is 42.6. The largest absolute Gasteiger partial charge is 0.463 e. The Bertz CT molecular complexity index is 1210. The average Bonchev–Trinajstić information content (AvgIpc) is 3.15. The van der Waals surface area contributed by atoms with Crippen LogP contribution < -0.4 is 0 Å². The number of Topliss-reactive ketones (excluding diaryl/α,β-unsaturated/α-hetero) is 1. The van der Waals surface area contributed by atoms with Gasteiger partial charge in [-0.15, -0.1) is 0 Å². The predicted octanol–water partition coefficient (Wildman–Crippen LogP) is 3.88. The maximum absolute atomic E-state index is 13.3. The van der Waals surface area contributed by atoms with Gasteiger partial charge in [-0.05, 0) is 51.4 Å². The fraction of sp³-hybridized carbons (Fsp3) is 0.579. The van der Waals surface area contributed by atoms with Crippen LogP contribution in [-0.4, -0.2) is 99.1 Å². The molecule has 0 aliphatic carbocycles. The van der Waals surface area contributed by atoms with Gasteiger partial charge in [-0.1, -0.05) is 26.3 Å². The lowest BCUT2D eigenvalue weighted by Gasteiger charge is -2.40. The second-order valence-electron chi connectivity index (χ2n) is 11.9. The maximum Gasteiger partial charge on any atom is 0.330 e. The molecule has 0 aromatic heterocycles. The first-order valence-electron chi connectivity index (χ1n) is 17.8. The fourth-order valence-electron chi connectivity index (χ4n) is 4.89. The molecule has 1 unspecified atom stereocenters. The first-order valence-corrected chi connectivity index (χ1v) is 17.8. The zero-order valence-corrected chi connectivity index (χ0v) is 30.7. The smallest absolute Gasteiger partial charge is 0.330 e. The van der Waals surface area contributed by atoms with Crippen LogP contribution in [0.2, 0.25) is 0 Å². The molecule has 0 spiro atoms. The van der Waals surface area contributed by atoms with Gasteiger partial charge in [0.15, 0.2) is 6.10 Å². The van der Waals surface area contributed by atoms with Crippen molar-refractivity contribution in [3.63, 3.8) is 0 Å². The highest BCUT2D eigenvalue weighted by Crippen LogP contribution is 2.32. The third-order valence-corrected chi connectivity index (χ3v) is 7.67. The molecular weight excluding hydrogens is 712 g/mol. The standard InChI is InChI=1S/C38H52O16/c1-5-30(40)47-21-13-9-17-27(39)25-28-29(52-34(44)18-10-14-22-48-31(41)6-2)26-51-38(54-36(46)20-12-16-24-50-33(43)8-4)37(28)53-35(45)19-11-15-23-49-32(42)7-3/h5-8,28-29,37-38H,1-4,9-26H2/t28-,29+,37+,38?/m0/s1. The van der Waals surface area contributed by atoms with Crippen LogP contribution in [0, 0.1) is 5.92 Å². The highest BCUT2D eigenvalue weighted by molar-refractivity contribution is 5.82. The summed E-state index contributed by atoms with van der Waals surface area (Å²) >= 11 is 0. The fourth-order valence-corrected chi connectivity index (χ4v) is 4.89. The molecule has 1 fully saturated rings. The minimum absolute atomic E-state index is 0.0380. The number of unbranched alkanes of at least 4 members (excludes halogenated alkanes) is 4. The number of hydrogen-bond acceptors (Lipinski definition) is 16. The molecule has 300 valence electrons. The quantitative estimate of drug-likeness (QED) is 0.0458. The van der Waals surface area contributed by atoms with Crippen molar-refractivity contribution in [2.75, 3.05) is 33.0 Å². The molecule has 0 saturated carbocycles. The number of carbonyl (C=O) groups is 8. The van der Waals surface area contributed by atoms with Crippen molar-refractivity contribution in [2.45, 2.75) is 102 Å². The molecule has 0 amide bonds. The summed E-state index contributed by atoms with van der Waals surface area (Å²) in [4.78, 5) is 97.3. The Morgan fingerprint density at radius 2 is 0.870 bits per heavy atom. The second kappa shape index (κ2) is 28.4. The number of rotatable bonds is 29. The number of esters is 7. The lowest BCUT2D eigenvalue weighted by atomic mass is 9.87. The van der Waals surface area contributed by atoms with E-state index in [0.29, 0.717) is 38.5 Å². The van der Waals surface area contributed by atoms with Crippen LogP contribution >= 0.6 is 0 Å². The Balaban J connectivity index is 3.12. The first kappa shape index (κ1) is 46.9. The highest BCUT2D eigenvalue weighted by Gasteiger charge is 2.47. The van der Waals surface area contributed by atoms with Crippen molar-refractivity contribution in [1.82, 2.24) is 0 Å². The van der Waals surface area contributed by atoms with Crippen molar-refractivity contribution in [1.29, 1.82) is 0 Å². The molecule has 1 aliphatic rings. The van der Waals surface area contributed by atoms with E-state index in [0.717, 1.165) is 24.3 Å². The Morgan fingerprint density at radius 3 is 1.28 bits per heavy atom. The van der Waals surface area contributed by atoms with E-state index in [1.54, 1.807) is 0 Å². The molecule has 4 atom stereocenters. The number of carbonyl (C=O) groups excluding carboxylic acids is 8. The van der Waals surface area contributed by atoms with Crippen molar-refractivity contribution in [3.8, 4) is 0 Å². The van der Waals surface area contributed by atoms with Crippen LogP contribution in [0.3, 0.4) is 0 Å². The maximum atomic E-state index is 13.3. The summed E-state index contributed by atoms with van der Waals surface area (Å²) in [5, 5.41) is 0. The number of ketones is 1. The monoisotopic (exact) mass is 764 g/mol. The van der Waals surface area contributed by atoms with Gasteiger partial charge in [-0.2, -0.15) is 0 Å². The molecule has 16 heteroatoms. The summed E-state index contributed by atoms with van der Waals surface area (Å²) in [6.45, 7) is 13.2. The van der Waals surface area contributed by atoms with Gasteiger partial charge in [0.2, 0.25) is 6.29 Å². The Kier molecular flexibility index (Phi) is 24.7. The normalized spacial score (nSPS) is 17.4. The van der Waals surface area contributed by atoms with Crippen LogP contribution in [0.4, 0.5) is 0 Å². The Morgan fingerprint density at radius 1 is 0.500 bits per heavy atom. The number of ether oxygens (including phenoxy) is 8. The van der Waals surface area contributed by atoms with Crippen molar-refractivity contribution in [3.05, 3.63) is 50.6 Å². The first-order chi connectivity index (χ1) is 25.9. The van der Waals surface area contributed by atoms with E-state index in [1.165, 1.54) is 0 Å². The van der Waals surface area contributed by atoms with Crippen molar-refractivity contribution >= 4 is 47.6 Å². The van der Waals surface area contributed by atoms with E-state index >= 15 is 0 Å². The molecule has 0 bridgehead atoms. The zero-order chi connectivity index (χ0) is 40.1. The lowest BCUT2D eigenvalue weighted by Crippen LogP contribution is -2.54. The van der Waals surface area contributed by atoms with Gasteiger partial charge in [0.25, 0.3) is 0 Å². The second-order valence-corrected chi connectivity index (χ2v) is 11.9. The summed E-state index contributed by atoms with van der Waals surface area (Å²) in [6, 6.07) is 0. The molecular formula is C38H52O16. The van der Waals surface area contributed by atoms with Gasteiger partial charge in [0, 0.05) is 62.3 Å². The summed E-state index contributed by atoms with van der Waals surface area (Å²) in [6.07, 6.45) is 2.32. The van der Waals surface area contributed by atoms with Crippen LogP contribution in [0.25, 0.3) is 0 Å². The molecule has 0 aromatic rings. The van der Waals surface area contributed by atoms with Gasteiger partial charge in [0.05, 0.1) is 33.0 Å². The number of hydrogen-bond donors (Lipinski definition) is 0. The van der Waals surface area contributed by atoms with E-state index < -0.39 is 66.2 Å².